The molecule has 0 saturated carbocycles. The molecule has 0 radical (unpaired) electrons. The van der Waals surface area contributed by atoms with Gasteiger partial charge in [-0.25, -0.2) is 14.9 Å². The maximum absolute atomic E-state index is 14.2. The first-order valence-electron chi connectivity index (χ1n) is 7.11. The summed E-state index contributed by atoms with van der Waals surface area (Å²) in [5.74, 6) is -0.301. The van der Waals surface area contributed by atoms with E-state index in [1.54, 1.807) is 12.3 Å². The summed E-state index contributed by atoms with van der Waals surface area (Å²) in [6.07, 6.45) is 3.73. The maximum atomic E-state index is 14.2. The zero-order chi connectivity index (χ0) is 15.5. The van der Waals surface area contributed by atoms with Crippen LogP contribution in [0.2, 0.25) is 0 Å². The molecule has 2 aromatic rings. The zero-order valence-electron chi connectivity index (χ0n) is 11.9. The molecule has 0 fully saturated rings. The van der Waals surface area contributed by atoms with Gasteiger partial charge in [-0.3, -0.25) is 10.0 Å². The molecule has 0 aliphatic carbocycles. The van der Waals surface area contributed by atoms with Gasteiger partial charge in [0.05, 0.1) is 0 Å². The van der Waals surface area contributed by atoms with E-state index in [9.17, 15) is 9.18 Å². The first-order chi connectivity index (χ1) is 10.7. The average Bonchev–Trinajstić information content (AvgIpc) is 2.56. The molecule has 1 aromatic heterocycles. The number of carbonyl (C=O) groups excluding carboxylic acids is 1. The van der Waals surface area contributed by atoms with Gasteiger partial charge in [0.1, 0.15) is 11.6 Å². The second-order valence-corrected chi connectivity index (χ2v) is 5.26. The molecular formula is C16H16FN3O2. The Labute approximate surface area is 127 Å². The van der Waals surface area contributed by atoms with Gasteiger partial charge in [0.2, 0.25) is 0 Å². The fraction of sp³-hybridized carbons (Fsp3) is 0.250. The van der Waals surface area contributed by atoms with Gasteiger partial charge in [-0.15, -0.1) is 0 Å². The largest absolute Gasteiger partial charge is 0.352 e. The average molecular weight is 300 g/mol. The van der Waals surface area contributed by atoms with Crippen LogP contribution in [0.3, 0.4) is 0 Å². The predicted molar refractivity (Wildman–Crippen MR) is 79.3 cm³/mol. The second-order valence-electron chi connectivity index (χ2n) is 5.26. The summed E-state index contributed by atoms with van der Waals surface area (Å²) >= 11 is 0. The van der Waals surface area contributed by atoms with Crippen LogP contribution in [0.4, 0.5) is 10.2 Å². The predicted octanol–water partition coefficient (Wildman–Crippen LogP) is 2.29. The summed E-state index contributed by atoms with van der Waals surface area (Å²) < 4.78 is 14.2. The lowest BCUT2D eigenvalue weighted by atomic mass is 10.0. The summed E-state index contributed by atoms with van der Waals surface area (Å²) in [4.78, 5) is 17.7. The number of hydroxylamine groups is 1. The summed E-state index contributed by atoms with van der Waals surface area (Å²) in [7, 11) is 0. The van der Waals surface area contributed by atoms with Crippen molar-refractivity contribution in [2.75, 3.05) is 11.4 Å². The van der Waals surface area contributed by atoms with Crippen molar-refractivity contribution in [2.45, 2.75) is 19.4 Å². The number of nitrogens with zero attached hydrogens (tertiary/aromatic N) is 2. The van der Waals surface area contributed by atoms with E-state index < -0.39 is 11.7 Å². The molecule has 0 bridgehead atoms. The van der Waals surface area contributed by atoms with Crippen LogP contribution in [0.25, 0.3) is 0 Å². The van der Waals surface area contributed by atoms with Crippen LogP contribution >= 0.6 is 0 Å². The zero-order valence-corrected chi connectivity index (χ0v) is 11.9. The number of hydrogen-bond acceptors (Lipinski definition) is 4. The van der Waals surface area contributed by atoms with Crippen molar-refractivity contribution in [3.8, 4) is 0 Å². The van der Waals surface area contributed by atoms with E-state index in [0.29, 0.717) is 12.1 Å². The Morgan fingerprint density at radius 2 is 2.27 bits per heavy atom. The first-order valence-corrected chi connectivity index (χ1v) is 7.11. The standard InChI is InChI=1S/C16H16FN3O2/c17-14-9-12(16(21)19-22)5-6-13(14)10-20-8-2-4-11-3-1-7-18-15(11)20/h1,3,5-7,9,22H,2,4,8,10H2,(H,19,21)/i17-1. The first kappa shape index (κ1) is 14.5. The van der Waals surface area contributed by atoms with Gasteiger partial charge in [0, 0.05) is 30.4 Å². The Kier molecular flexibility index (Phi) is 4.02. The van der Waals surface area contributed by atoms with Crippen molar-refractivity contribution < 1.29 is 14.4 Å². The maximum Gasteiger partial charge on any atom is 0.274 e. The van der Waals surface area contributed by atoms with Crippen LogP contribution in [-0.4, -0.2) is 22.6 Å². The van der Waals surface area contributed by atoms with E-state index >= 15 is 0 Å². The number of nitrogens with one attached hydrogen (secondary N) is 1. The minimum absolute atomic E-state index is 0.0842. The third-order valence-corrected chi connectivity index (χ3v) is 3.82. The molecule has 0 unspecified atom stereocenters. The molecule has 0 spiro atoms. The highest BCUT2D eigenvalue weighted by Gasteiger charge is 2.19. The lowest BCUT2D eigenvalue weighted by molar-refractivity contribution is 0.0706. The summed E-state index contributed by atoms with van der Waals surface area (Å²) in [6.45, 7) is 1.22. The molecule has 3 rings (SSSR count). The highest BCUT2D eigenvalue weighted by Crippen LogP contribution is 2.26. The number of aryl methyl sites for hydroxylation is 1. The molecular weight excluding hydrogens is 284 g/mol. The Morgan fingerprint density at radius 1 is 1.41 bits per heavy atom. The van der Waals surface area contributed by atoms with Gasteiger partial charge in [-0.1, -0.05) is 12.1 Å². The molecule has 114 valence electrons. The normalized spacial score (nSPS) is 13.6. The fourth-order valence-electron chi connectivity index (χ4n) is 2.72. The molecule has 2 heterocycles. The summed E-state index contributed by atoms with van der Waals surface area (Å²) in [5.41, 5.74) is 3.25. The highest BCUT2D eigenvalue weighted by molar-refractivity contribution is 5.93. The van der Waals surface area contributed by atoms with E-state index in [0.717, 1.165) is 31.3 Å². The molecule has 1 aromatic carbocycles. The third-order valence-electron chi connectivity index (χ3n) is 3.82. The van der Waals surface area contributed by atoms with E-state index in [1.807, 2.05) is 17.0 Å². The van der Waals surface area contributed by atoms with Gasteiger partial charge in [0.15, 0.2) is 0 Å². The quantitative estimate of drug-likeness (QED) is 0.674. The second kappa shape index (κ2) is 6.11. The highest BCUT2D eigenvalue weighted by atomic mass is 18.2. The number of amides is 1. The minimum atomic E-state index is -0.726. The summed E-state index contributed by atoms with van der Waals surface area (Å²) in [6, 6.07) is 8.14. The molecule has 6 heteroatoms. The Balaban J connectivity index is 1.84. The molecule has 1 aliphatic heterocycles. The van der Waals surface area contributed by atoms with Crippen molar-refractivity contribution in [1.82, 2.24) is 10.5 Å². The number of aromatic nitrogens is 1. The number of rotatable bonds is 3. The molecule has 5 nitrogen and oxygen atoms in total. The van der Waals surface area contributed by atoms with Gasteiger partial charge in [0.25, 0.3) is 5.91 Å². The Hall–Kier alpha value is -2.47. The van der Waals surface area contributed by atoms with Crippen molar-refractivity contribution in [3.63, 3.8) is 0 Å². The van der Waals surface area contributed by atoms with Gasteiger partial charge in [-0.05, 0) is 36.6 Å². The number of fused-ring (bicyclic) bond motifs is 1. The molecule has 22 heavy (non-hydrogen) atoms. The number of pyridine rings is 1. The number of halogens is 1. The molecule has 1 aliphatic rings. The smallest absolute Gasteiger partial charge is 0.274 e. The number of anilines is 1. The van der Waals surface area contributed by atoms with Gasteiger partial charge in [-0.2, -0.15) is 0 Å². The van der Waals surface area contributed by atoms with E-state index in [-0.39, 0.29) is 5.56 Å². The van der Waals surface area contributed by atoms with Crippen LogP contribution in [-0.2, 0) is 13.0 Å². The fourth-order valence-corrected chi connectivity index (χ4v) is 2.72. The minimum Gasteiger partial charge on any atom is -0.352 e. The third kappa shape index (κ3) is 2.78. The topological polar surface area (TPSA) is 65.5 Å². The number of carbonyl (C=O) groups is 1. The van der Waals surface area contributed by atoms with Crippen molar-refractivity contribution in [3.05, 3.63) is 59.0 Å². The number of hydrogen-bond donors (Lipinski definition) is 2. The molecule has 0 saturated heterocycles. The Morgan fingerprint density at radius 3 is 3.05 bits per heavy atom. The van der Waals surface area contributed by atoms with Gasteiger partial charge >= 0.3 is 0 Å². The van der Waals surface area contributed by atoms with Crippen molar-refractivity contribution >= 4 is 11.7 Å². The van der Waals surface area contributed by atoms with Crippen LogP contribution < -0.4 is 10.4 Å². The monoisotopic (exact) mass is 300 g/mol. The van der Waals surface area contributed by atoms with Gasteiger partial charge < -0.3 is 4.90 Å². The van der Waals surface area contributed by atoms with Crippen LogP contribution in [0.1, 0.15) is 27.9 Å². The van der Waals surface area contributed by atoms with E-state index in [1.165, 1.54) is 17.1 Å². The van der Waals surface area contributed by atoms with Crippen LogP contribution in [0.5, 0.6) is 0 Å². The SMILES string of the molecule is O=C(NO)c1ccc(CN2CCCc3cccnc32)c([18F])c1. The molecule has 0 atom stereocenters. The van der Waals surface area contributed by atoms with E-state index in [2.05, 4.69) is 4.98 Å². The lowest BCUT2D eigenvalue weighted by Crippen LogP contribution is -2.30. The van der Waals surface area contributed by atoms with E-state index in [4.69, 9.17) is 5.21 Å². The molecule has 1 amide bonds. The van der Waals surface area contributed by atoms with Crippen LogP contribution in [0, 0.1) is 5.82 Å². The number of benzene rings is 1. The Bertz CT molecular complexity index is 706. The van der Waals surface area contributed by atoms with Crippen LogP contribution in [0.15, 0.2) is 36.5 Å². The lowest BCUT2D eigenvalue weighted by Gasteiger charge is -2.30. The van der Waals surface area contributed by atoms with Crippen molar-refractivity contribution in [1.29, 1.82) is 0 Å². The van der Waals surface area contributed by atoms with Crippen molar-refractivity contribution in [2.24, 2.45) is 0 Å². The molecule has 2 N–H and O–H groups in total. The summed E-state index contributed by atoms with van der Waals surface area (Å²) in [5, 5.41) is 8.58.